The van der Waals surface area contributed by atoms with Crippen molar-refractivity contribution in [1.82, 2.24) is 4.90 Å². The summed E-state index contributed by atoms with van der Waals surface area (Å²) < 4.78 is 5.68. The normalized spacial score (nSPS) is 15.9. The Kier molecular flexibility index (Phi) is 5.20. The number of nitrogens with zero attached hydrogens (tertiary/aromatic N) is 1. The Bertz CT molecular complexity index is 933. The van der Waals surface area contributed by atoms with Gasteiger partial charge in [0.25, 0.3) is 11.1 Å². The molecule has 26 heavy (non-hydrogen) atoms. The van der Waals surface area contributed by atoms with E-state index in [-0.39, 0.29) is 21.6 Å². The molecule has 0 aliphatic carbocycles. The Morgan fingerprint density at radius 3 is 2.77 bits per heavy atom. The smallest absolute Gasteiger partial charge is 0.335 e. The molecule has 0 radical (unpaired) electrons. The second kappa shape index (κ2) is 7.39. The first kappa shape index (κ1) is 18.3. The largest absolute Gasteiger partial charge is 0.478 e. The molecular formula is C18H14ClNO5S. The minimum absolute atomic E-state index is 0.0861. The van der Waals surface area contributed by atoms with Crippen molar-refractivity contribution in [2.45, 2.75) is 13.3 Å². The van der Waals surface area contributed by atoms with Gasteiger partial charge >= 0.3 is 5.97 Å². The van der Waals surface area contributed by atoms with Crippen LogP contribution in [0.2, 0.25) is 5.02 Å². The molecule has 8 heteroatoms. The second-order valence-electron chi connectivity index (χ2n) is 5.54. The van der Waals surface area contributed by atoms with Crippen LogP contribution in [0.25, 0.3) is 17.4 Å². The van der Waals surface area contributed by atoms with Crippen molar-refractivity contribution in [3.63, 3.8) is 0 Å². The molecule has 1 aliphatic rings. The first-order valence-electron chi connectivity index (χ1n) is 7.79. The Balaban J connectivity index is 1.90. The number of aromatic carboxylic acids is 1. The summed E-state index contributed by atoms with van der Waals surface area (Å²) in [6.07, 6.45) is 2.19. The number of carbonyl (C=O) groups excluding carboxylic acids is 2. The topological polar surface area (TPSA) is 87.8 Å². The zero-order valence-corrected chi connectivity index (χ0v) is 15.3. The van der Waals surface area contributed by atoms with Gasteiger partial charge in [0.1, 0.15) is 11.5 Å². The molecule has 1 fully saturated rings. The molecule has 2 aromatic rings. The quantitative estimate of drug-likeness (QED) is 0.740. The van der Waals surface area contributed by atoms with Crippen molar-refractivity contribution in [1.29, 1.82) is 0 Å². The number of rotatable bonds is 5. The van der Waals surface area contributed by atoms with Gasteiger partial charge in [-0.2, -0.15) is 0 Å². The maximum Gasteiger partial charge on any atom is 0.335 e. The average Bonchev–Trinajstić information content (AvgIpc) is 3.16. The SMILES string of the molecule is CCCN1C(=O)S/C(=C/c2ccc(-c3cc(C(=O)O)ccc3Cl)o2)C1=O. The Hall–Kier alpha value is -2.51. The molecule has 0 spiro atoms. The maximum absolute atomic E-state index is 12.2. The lowest BCUT2D eigenvalue weighted by atomic mass is 10.1. The molecule has 1 N–H and O–H groups in total. The number of halogens is 1. The van der Waals surface area contributed by atoms with Crippen molar-refractivity contribution in [2.75, 3.05) is 6.54 Å². The number of benzene rings is 1. The monoisotopic (exact) mass is 391 g/mol. The highest BCUT2D eigenvalue weighted by molar-refractivity contribution is 8.18. The lowest BCUT2D eigenvalue weighted by Gasteiger charge is -2.09. The van der Waals surface area contributed by atoms with Gasteiger partial charge in [-0.15, -0.1) is 0 Å². The summed E-state index contributed by atoms with van der Waals surface area (Å²) in [4.78, 5) is 36.7. The van der Waals surface area contributed by atoms with E-state index >= 15 is 0 Å². The number of hydrogen-bond acceptors (Lipinski definition) is 5. The number of carboxylic acids is 1. The van der Waals surface area contributed by atoms with Gasteiger partial charge in [0, 0.05) is 18.2 Å². The van der Waals surface area contributed by atoms with Crippen LogP contribution in [0.15, 0.2) is 39.7 Å². The van der Waals surface area contributed by atoms with Gasteiger partial charge in [0.15, 0.2) is 0 Å². The number of carbonyl (C=O) groups is 3. The van der Waals surface area contributed by atoms with Crippen molar-refractivity contribution < 1.29 is 23.9 Å². The number of imide groups is 1. The lowest BCUT2D eigenvalue weighted by molar-refractivity contribution is -0.122. The van der Waals surface area contributed by atoms with Crippen LogP contribution in [-0.2, 0) is 4.79 Å². The summed E-state index contributed by atoms with van der Waals surface area (Å²) in [5, 5.41) is 9.15. The third kappa shape index (κ3) is 3.54. The van der Waals surface area contributed by atoms with Crippen molar-refractivity contribution in [3.8, 4) is 11.3 Å². The predicted molar refractivity (Wildman–Crippen MR) is 99.1 cm³/mol. The first-order valence-corrected chi connectivity index (χ1v) is 8.98. The molecule has 3 rings (SSSR count). The highest BCUT2D eigenvalue weighted by Gasteiger charge is 2.34. The van der Waals surface area contributed by atoms with Crippen LogP contribution >= 0.6 is 23.4 Å². The molecule has 0 saturated carbocycles. The summed E-state index contributed by atoms with van der Waals surface area (Å²) in [6.45, 7) is 2.27. The lowest BCUT2D eigenvalue weighted by Crippen LogP contribution is -2.28. The van der Waals surface area contributed by atoms with Crippen molar-refractivity contribution in [3.05, 3.63) is 51.6 Å². The van der Waals surface area contributed by atoms with Gasteiger partial charge in [0.05, 0.1) is 15.5 Å². The summed E-state index contributed by atoms with van der Waals surface area (Å²) in [6, 6.07) is 7.57. The minimum Gasteiger partial charge on any atom is -0.478 e. The van der Waals surface area contributed by atoms with E-state index in [1.165, 1.54) is 29.2 Å². The highest BCUT2D eigenvalue weighted by atomic mass is 35.5. The summed E-state index contributed by atoms with van der Waals surface area (Å²) >= 11 is 7.00. The molecule has 0 atom stereocenters. The van der Waals surface area contributed by atoms with Gasteiger partial charge < -0.3 is 9.52 Å². The molecule has 2 heterocycles. The van der Waals surface area contributed by atoms with Gasteiger partial charge in [-0.1, -0.05) is 18.5 Å². The van der Waals surface area contributed by atoms with Crippen LogP contribution < -0.4 is 0 Å². The van der Waals surface area contributed by atoms with Gasteiger partial charge in [0.2, 0.25) is 0 Å². The van der Waals surface area contributed by atoms with E-state index in [2.05, 4.69) is 0 Å². The Morgan fingerprint density at radius 2 is 2.08 bits per heavy atom. The van der Waals surface area contributed by atoms with E-state index in [4.69, 9.17) is 21.1 Å². The van der Waals surface area contributed by atoms with Crippen molar-refractivity contribution >= 4 is 46.6 Å². The van der Waals surface area contributed by atoms with Gasteiger partial charge in [-0.3, -0.25) is 14.5 Å². The minimum atomic E-state index is -1.07. The third-order valence-corrected chi connectivity index (χ3v) is 4.94. The van der Waals surface area contributed by atoms with Crippen LogP contribution in [0.1, 0.15) is 29.5 Å². The fraction of sp³-hybridized carbons (Fsp3) is 0.167. The van der Waals surface area contributed by atoms with Crippen LogP contribution in [0.5, 0.6) is 0 Å². The molecule has 6 nitrogen and oxygen atoms in total. The molecule has 1 aliphatic heterocycles. The van der Waals surface area contributed by atoms with E-state index in [9.17, 15) is 14.4 Å². The number of hydrogen-bond donors (Lipinski definition) is 1. The predicted octanol–water partition coefficient (Wildman–Crippen LogP) is 4.74. The van der Waals surface area contributed by atoms with Crippen LogP contribution in [0.3, 0.4) is 0 Å². The van der Waals surface area contributed by atoms with Crippen molar-refractivity contribution in [2.24, 2.45) is 0 Å². The first-order chi connectivity index (χ1) is 12.4. The van der Waals surface area contributed by atoms with Gasteiger partial charge in [-0.05, 0) is 48.5 Å². The molecule has 1 aromatic carbocycles. The fourth-order valence-corrected chi connectivity index (χ4v) is 3.52. The Labute approximate surface area is 158 Å². The second-order valence-corrected chi connectivity index (χ2v) is 6.94. The zero-order chi connectivity index (χ0) is 18.8. The molecule has 0 unspecified atom stereocenters. The summed E-state index contributed by atoms with van der Waals surface area (Å²) in [5.41, 5.74) is 0.522. The molecule has 1 aromatic heterocycles. The number of thioether (sulfide) groups is 1. The molecule has 134 valence electrons. The van der Waals surface area contributed by atoms with E-state index in [0.29, 0.717) is 35.1 Å². The van der Waals surface area contributed by atoms with Crippen LogP contribution in [-0.4, -0.2) is 33.7 Å². The zero-order valence-electron chi connectivity index (χ0n) is 13.7. The maximum atomic E-state index is 12.2. The van der Waals surface area contributed by atoms with Crippen LogP contribution in [0, 0.1) is 0 Å². The van der Waals surface area contributed by atoms with E-state index in [0.717, 1.165) is 11.8 Å². The number of furan rings is 1. The van der Waals surface area contributed by atoms with E-state index < -0.39 is 5.97 Å². The average molecular weight is 392 g/mol. The Morgan fingerprint density at radius 1 is 1.31 bits per heavy atom. The number of amides is 2. The standard InChI is InChI=1S/C18H14ClNO5S/c1-2-7-20-16(21)15(26-18(20)24)9-11-4-6-14(25-11)12-8-10(17(22)23)3-5-13(12)19/h3-6,8-9H,2,7H2,1H3,(H,22,23)/b15-9+. The molecular weight excluding hydrogens is 378 g/mol. The molecule has 2 amide bonds. The van der Waals surface area contributed by atoms with Crippen LogP contribution in [0.4, 0.5) is 4.79 Å². The summed E-state index contributed by atoms with van der Waals surface area (Å²) in [5.74, 6) is -0.666. The third-order valence-electron chi connectivity index (χ3n) is 3.70. The fourth-order valence-electron chi connectivity index (χ4n) is 2.47. The number of carboxylic acid groups (broad SMARTS) is 1. The highest BCUT2D eigenvalue weighted by Crippen LogP contribution is 2.35. The van der Waals surface area contributed by atoms with E-state index in [1.54, 1.807) is 12.1 Å². The van der Waals surface area contributed by atoms with Gasteiger partial charge in [-0.25, -0.2) is 4.79 Å². The summed E-state index contributed by atoms with van der Waals surface area (Å²) in [7, 11) is 0. The molecule has 1 saturated heterocycles. The van der Waals surface area contributed by atoms with E-state index in [1.807, 2.05) is 6.92 Å². The molecule has 0 bridgehead atoms.